The van der Waals surface area contributed by atoms with Crippen LogP contribution in [0.4, 0.5) is 0 Å². The largest absolute Gasteiger partial charge is 0.462 e. The lowest BCUT2D eigenvalue weighted by Gasteiger charge is -2.43. The highest BCUT2D eigenvalue weighted by atomic mass is 28.4. The van der Waals surface area contributed by atoms with E-state index in [4.69, 9.17) is 13.6 Å². The van der Waals surface area contributed by atoms with Crippen molar-refractivity contribution in [2.75, 3.05) is 0 Å². The smallest absolute Gasteiger partial charge is 0.306 e. The first-order valence-corrected chi connectivity index (χ1v) is 19.4. The Labute approximate surface area is 211 Å². The van der Waals surface area contributed by atoms with Gasteiger partial charge in [0.2, 0.25) is 0 Å². The number of carbonyl (C=O) groups is 1. The van der Waals surface area contributed by atoms with Gasteiger partial charge in [-0.1, -0.05) is 73.5 Å². The highest BCUT2D eigenvalue weighted by Gasteiger charge is 2.52. The topological polar surface area (TPSA) is 44.8 Å². The van der Waals surface area contributed by atoms with Crippen LogP contribution in [0.1, 0.15) is 87.0 Å². The first-order chi connectivity index (χ1) is 15.4. The minimum atomic E-state index is -1.94. The van der Waals surface area contributed by atoms with Gasteiger partial charge in [-0.15, -0.1) is 0 Å². The third-order valence-electron chi connectivity index (χ3n) is 9.97. The Morgan fingerprint density at radius 1 is 1.00 bits per heavy atom. The van der Waals surface area contributed by atoms with E-state index >= 15 is 0 Å². The molecule has 0 radical (unpaired) electrons. The number of rotatable bonds is 7. The van der Waals surface area contributed by atoms with Crippen LogP contribution < -0.4 is 0 Å². The minimum Gasteiger partial charge on any atom is -0.462 e. The molecule has 0 amide bonds. The quantitative estimate of drug-likeness (QED) is 0.199. The van der Waals surface area contributed by atoms with Crippen LogP contribution in [0.25, 0.3) is 0 Å². The maximum Gasteiger partial charge on any atom is 0.306 e. The molecular formula is C28H52O4Si2. The molecule has 0 aromatic rings. The lowest BCUT2D eigenvalue weighted by molar-refractivity contribution is -0.141. The summed E-state index contributed by atoms with van der Waals surface area (Å²) in [5.41, 5.74) is 0.182. The van der Waals surface area contributed by atoms with E-state index in [9.17, 15) is 4.79 Å². The zero-order valence-corrected chi connectivity index (χ0v) is 25.9. The molecule has 0 aromatic heterocycles. The van der Waals surface area contributed by atoms with E-state index in [2.05, 4.69) is 86.8 Å². The summed E-state index contributed by atoms with van der Waals surface area (Å²) < 4.78 is 19.8. The van der Waals surface area contributed by atoms with Crippen LogP contribution >= 0.6 is 0 Å². The summed E-state index contributed by atoms with van der Waals surface area (Å²) in [5, 5.41) is 0.327. The van der Waals surface area contributed by atoms with Crippen molar-refractivity contribution in [2.45, 2.75) is 142 Å². The van der Waals surface area contributed by atoms with Crippen molar-refractivity contribution >= 4 is 22.6 Å². The van der Waals surface area contributed by atoms with Gasteiger partial charge in [0.15, 0.2) is 16.6 Å². The van der Waals surface area contributed by atoms with Gasteiger partial charge in [0.1, 0.15) is 6.10 Å². The number of ether oxygens (including phenoxy) is 1. The molecule has 0 bridgehead atoms. The molecule has 0 N–H and O–H groups in total. The van der Waals surface area contributed by atoms with Gasteiger partial charge >= 0.3 is 5.97 Å². The van der Waals surface area contributed by atoms with Gasteiger partial charge in [0, 0.05) is 18.3 Å². The van der Waals surface area contributed by atoms with Crippen molar-refractivity contribution in [1.82, 2.24) is 0 Å². The maximum absolute atomic E-state index is 12.2. The van der Waals surface area contributed by atoms with Crippen molar-refractivity contribution in [3.63, 3.8) is 0 Å². The van der Waals surface area contributed by atoms with Crippen LogP contribution in [-0.4, -0.2) is 40.9 Å². The molecule has 5 unspecified atom stereocenters. The van der Waals surface area contributed by atoms with Gasteiger partial charge < -0.3 is 13.6 Å². The summed E-state index contributed by atoms with van der Waals surface area (Å²) in [5.74, 6) is 0.389. The highest BCUT2D eigenvalue weighted by Crippen LogP contribution is 2.49. The average Bonchev–Trinajstić information content (AvgIpc) is 3.32. The monoisotopic (exact) mass is 508 g/mol. The van der Waals surface area contributed by atoms with Gasteiger partial charge in [-0.05, 0) is 54.5 Å². The fourth-order valence-electron chi connectivity index (χ4n) is 5.45. The lowest BCUT2D eigenvalue weighted by Crippen LogP contribution is -2.47. The molecule has 34 heavy (non-hydrogen) atoms. The van der Waals surface area contributed by atoms with E-state index in [1.165, 1.54) is 25.7 Å². The van der Waals surface area contributed by atoms with Crippen molar-refractivity contribution in [2.24, 2.45) is 17.3 Å². The maximum atomic E-state index is 12.2. The molecule has 6 heteroatoms. The molecule has 3 aliphatic rings. The van der Waals surface area contributed by atoms with E-state index in [1.54, 1.807) is 0 Å². The number of carbonyl (C=O) groups excluding carboxylic acids is 1. The Balaban J connectivity index is 1.90. The molecular weight excluding hydrogens is 456 g/mol. The molecule has 1 heterocycles. The molecule has 196 valence electrons. The second-order valence-corrected chi connectivity index (χ2v) is 24.2. The molecule has 0 spiro atoms. The van der Waals surface area contributed by atoms with Crippen LogP contribution in [0.3, 0.4) is 0 Å². The number of esters is 1. The second kappa shape index (κ2) is 9.46. The fraction of sp³-hybridized carbons (Fsp3) is 0.893. The van der Waals surface area contributed by atoms with Crippen molar-refractivity contribution in [3.05, 3.63) is 12.2 Å². The molecule has 1 aliphatic heterocycles. The number of fused-ring (bicyclic) bond motifs is 1. The van der Waals surface area contributed by atoms with E-state index in [0.29, 0.717) is 6.42 Å². The summed E-state index contributed by atoms with van der Waals surface area (Å²) in [6.07, 6.45) is 11.3. The Morgan fingerprint density at radius 3 is 2.09 bits per heavy atom. The average molecular weight is 509 g/mol. The summed E-state index contributed by atoms with van der Waals surface area (Å²) in [6, 6.07) is 0. The summed E-state index contributed by atoms with van der Waals surface area (Å²) in [7, 11) is -3.87. The summed E-state index contributed by atoms with van der Waals surface area (Å²) >= 11 is 0. The molecule has 5 atom stereocenters. The summed E-state index contributed by atoms with van der Waals surface area (Å²) in [4.78, 5) is 12.2. The zero-order valence-electron chi connectivity index (χ0n) is 23.9. The van der Waals surface area contributed by atoms with E-state index < -0.39 is 16.6 Å². The standard InChI is InChI=1S/C28H52O4Si2/c1-26(2,3)33(8,9)31-23-19-22-21(18-25(29)30-22)20(23)14-15-24(28(7)16-12-13-17-28)32-34(10,11)27(4,5)6/h14-15,20-24H,12-13,16-19H2,1-11H3. The van der Waals surface area contributed by atoms with Crippen LogP contribution in [0.15, 0.2) is 12.2 Å². The Morgan fingerprint density at radius 2 is 1.56 bits per heavy atom. The van der Waals surface area contributed by atoms with Gasteiger partial charge in [0.05, 0.1) is 18.6 Å². The highest BCUT2D eigenvalue weighted by molar-refractivity contribution is 6.74. The van der Waals surface area contributed by atoms with Gasteiger partial charge in [-0.3, -0.25) is 4.79 Å². The molecule has 3 rings (SSSR count). The second-order valence-electron chi connectivity index (χ2n) is 14.7. The predicted molar refractivity (Wildman–Crippen MR) is 146 cm³/mol. The summed E-state index contributed by atoms with van der Waals surface area (Å²) in [6.45, 7) is 25.7. The Kier molecular flexibility index (Phi) is 7.83. The third kappa shape index (κ3) is 5.76. The van der Waals surface area contributed by atoms with Gasteiger partial charge in [0.25, 0.3) is 0 Å². The van der Waals surface area contributed by atoms with Crippen molar-refractivity contribution < 1.29 is 18.4 Å². The molecule has 2 saturated carbocycles. The first-order valence-electron chi connectivity index (χ1n) is 13.6. The first kappa shape index (κ1) is 28.1. The van der Waals surface area contributed by atoms with E-state index in [1.807, 2.05) is 0 Å². The Hall–Kier alpha value is -0.436. The normalized spacial score (nSPS) is 31.2. The van der Waals surface area contributed by atoms with E-state index in [-0.39, 0.29) is 51.6 Å². The third-order valence-corrected chi connectivity index (χ3v) is 18.9. The predicted octanol–water partition coefficient (Wildman–Crippen LogP) is 7.86. The van der Waals surface area contributed by atoms with Crippen LogP contribution in [0.5, 0.6) is 0 Å². The Bertz CT molecular complexity index is 768. The SMILES string of the molecule is CC1(C(C=CC2C(O[Si](C)(C)C(C)(C)C)CC3OC(=O)CC32)O[Si](C)(C)C(C)(C)C)CCCC1. The van der Waals surface area contributed by atoms with Crippen LogP contribution in [-0.2, 0) is 18.4 Å². The molecule has 2 aliphatic carbocycles. The van der Waals surface area contributed by atoms with Crippen LogP contribution in [0, 0.1) is 17.3 Å². The molecule has 4 nitrogen and oxygen atoms in total. The molecule has 0 aromatic carbocycles. The minimum absolute atomic E-state index is 0.00116. The van der Waals surface area contributed by atoms with Gasteiger partial charge in [-0.2, -0.15) is 0 Å². The van der Waals surface area contributed by atoms with E-state index in [0.717, 1.165) is 6.42 Å². The number of hydrogen-bond donors (Lipinski definition) is 0. The fourth-order valence-corrected chi connectivity index (χ4v) is 8.17. The van der Waals surface area contributed by atoms with Crippen molar-refractivity contribution in [1.29, 1.82) is 0 Å². The molecule has 1 saturated heterocycles. The van der Waals surface area contributed by atoms with Crippen molar-refractivity contribution in [3.8, 4) is 0 Å². The zero-order chi connectivity index (χ0) is 25.7. The van der Waals surface area contributed by atoms with Gasteiger partial charge in [-0.25, -0.2) is 0 Å². The molecule has 3 fully saturated rings. The van der Waals surface area contributed by atoms with Crippen LogP contribution in [0.2, 0.25) is 36.3 Å². The lowest BCUT2D eigenvalue weighted by atomic mass is 9.81. The number of hydrogen-bond acceptors (Lipinski definition) is 4.